The van der Waals surface area contributed by atoms with Gasteiger partial charge in [-0.05, 0) is 67.3 Å². The lowest BCUT2D eigenvalue weighted by Gasteiger charge is -2.22. The first-order valence-corrected chi connectivity index (χ1v) is 11.4. The van der Waals surface area contributed by atoms with Gasteiger partial charge in [0.15, 0.2) is 5.76 Å². The molecule has 2 aromatic carbocycles. The number of amides is 1. The summed E-state index contributed by atoms with van der Waals surface area (Å²) < 4.78 is 10.8. The summed E-state index contributed by atoms with van der Waals surface area (Å²) >= 11 is 0. The van der Waals surface area contributed by atoms with Crippen molar-refractivity contribution in [3.8, 4) is 11.5 Å². The van der Waals surface area contributed by atoms with Crippen LogP contribution in [0, 0.1) is 0 Å². The number of oxazole rings is 1. The van der Waals surface area contributed by atoms with Crippen LogP contribution in [0.5, 0.6) is 0 Å². The maximum Gasteiger partial charge on any atom is 0.290 e. The molecule has 1 aliphatic carbocycles. The summed E-state index contributed by atoms with van der Waals surface area (Å²) in [7, 11) is 1.66. The summed E-state index contributed by atoms with van der Waals surface area (Å²) in [6.45, 7) is 4.30. The highest BCUT2D eigenvalue weighted by Gasteiger charge is 2.20. The molecule has 1 amide bonds. The van der Waals surface area contributed by atoms with E-state index < -0.39 is 5.91 Å². The molecule has 1 aromatic heterocycles. The van der Waals surface area contributed by atoms with E-state index in [0.717, 1.165) is 34.4 Å². The second kappa shape index (κ2) is 10.9. The topological polar surface area (TPSA) is 96.6 Å². The number of nitrogens with one attached hydrogen (secondary N) is 2. The third-order valence-corrected chi connectivity index (χ3v) is 6.05. The fourth-order valence-corrected chi connectivity index (χ4v) is 4.01. The van der Waals surface area contributed by atoms with Gasteiger partial charge in [0.25, 0.3) is 5.91 Å². The molecule has 7 heteroatoms. The molecule has 0 bridgehead atoms. The van der Waals surface area contributed by atoms with Crippen molar-refractivity contribution >= 4 is 17.3 Å². The van der Waals surface area contributed by atoms with Crippen molar-refractivity contribution in [2.45, 2.75) is 32.9 Å². The zero-order chi connectivity index (χ0) is 24.8. The molecule has 0 spiro atoms. The van der Waals surface area contributed by atoms with E-state index in [0.29, 0.717) is 23.7 Å². The number of rotatable bonds is 8. The minimum Gasteiger partial charge on any atom is -0.503 e. The van der Waals surface area contributed by atoms with Gasteiger partial charge in [0.2, 0.25) is 5.89 Å². The Morgan fingerprint density at radius 1 is 1.20 bits per heavy atom. The normalized spacial score (nSPS) is 16.1. The van der Waals surface area contributed by atoms with Crippen LogP contribution in [0.3, 0.4) is 0 Å². The monoisotopic (exact) mass is 471 g/mol. The van der Waals surface area contributed by atoms with Crippen LogP contribution >= 0.6 is 0 Å². The lowest BCUT2D eigenvalue weighted by atomic mass is 9.91. The fraction of sp³-hybridized carbons (Fsp3) is 0.214. The average Bonchev–Trinajstić information content (AvgIpc) is 3.43. The Morgan fingerprint density at radius 2 is 2.00 bits per heavy atom. The smallest absolute Gasteiger partial charge is 0.290 e. The van der Waals surface area contributed by atoms with Crippen molar-refractivity contribution in [3.63, 3.8) is 0 Å². The summed E-state index contributed by atoms with van der Waals surface area (Å²) in [5.74, 6) is -0.284. The Labute approximate surface area is 204 Å². The van der Waals surface area contributed by atoms with Gasteiger partial charge in [0.1, 0.15) is 6.26 Å². The van der Waals surface area contributed by atoms with Crippen LogP contribution in [-0.2, 0) is 16.1 Å². The van der Waals surface area contributed by atoms with E-state index >= 15 is 0 Å². The molecule has 1 unspecified atom stereocenters. The highest BCUT2D eigenvalue weighted by molar-refractivity contribution is 6.03. The SMILES string of the molecule is COC1CC=CC(/C(C)=C(\O)C(=O)Nc2ccc(CNc3cccc(-c4ncco4)c3)cc2)=C1C. The molecule has 7 nitrogen and oxygen atoms in total. The molecule has 35 heavy (non-hydrogen) atoms. The van der Waals surface area contributed by atoms with Crippen molar-refractivity contribution < 1.29 is 19.1 Å². The van der Waals surface area contributed by atoms with Gasteiger partial charge in [-0.2, -0.15) is 0 Å². The van der Waals surface area contributed by atoms with Gasteiger partial charge in [-0.25, -0.2) is 4.98 Å². The third kappa shape index (κ3) is 5.70. The molecule has 0 radical (unpaired) electrons. The maximum atomic E-state index is 12.7. The summed E-state index contributed by atoms with van der Waals surface area (Å²) in [5.41, 5.74) is 5.82. The molecule has 180 valence electrons. The van der Waals surface area contributed by atoms with Gasteiger partial charge >= 0.3 is 0 Å². The number of allylic oxidation sites excluding steroid dienone is 3. The van der Waals surface area contributed by atoms with Crippen molar-refractivity contribution in [3.05, 3.63) is 101 Å². The summed E-state index contributed by atoms with van der Waals surface area (Å²) in [6.07, 6.45) is 7.81. The summed E-state index contributed by atoms with van der Waals surface area (Å²) in [5, 5.41) is 16.7. The molecule has 0 saturated carbocycles. The van der Waals surface area contributed by atoms with E-state index in [1.54, 1.807) is 26.5 Å². The molecule has 1 heterocycles. The van der Waals surface area contributed by atoms with Crippen LogP contribution < -0.4 is 10.6 Å². The second-order valence-corrected chi connectivity index (χ2v) is 8.36. The lowest BCUT2D eigenvalue weighted by Crippen LogP contribution is -2.19. The van der Waals surface area contributed by atoms with E-state index in [2.05, 4.69) is 15.6 Å². The molecule has 0 saturated heterocycles. The molecule has 4 rings (SSSR count). The van der Waals surface area contributed by atoms with Gasteiger partial charge in [-0.15, -0.1) is 0 Å². The molecule has 1 aliphatic rings. The summed E-state index contributed by atoms with van der Waals surface area (Å²) in [4.78, 5) is 16.8. The minimum atomic E-state index is -0.551. The van der Waals surface area contributed by atoms with Crippen LogP contribution in [0.25, 0.3) is 11.5 Å². The van der Waals surface area contributed by atoms with Crippen LogP contribution in [0.1, 0.15) is 25.8 Å². The van der Waals surface area contributed by atoms with Crippen LogP contribution in [0.4, 0.5) is 11.4 Å². The van der Waals surface area contributed by atoms with Gasteiger partial charge < -0.3 is 24.9 Å². The first-order chi connectivity index (χ1) is 17.0. The Morgan fingerprint density at radius 3 is 2.71 bits per heavy atom. The average molecular weight is 472 g/mol. The first-order valence-electron chi connectivity index (χ1n) is 11.4. The van der Waals surface area contributed by atoms with E-state index in [1.807, 2.05) is 67.6 Å². The van der Waals surface area contributed by atoms with Crippen molar-refractivity contribution in [1.82, 2.24) is 4.98 Å². The maximum absolute atomic E-state index is 12.7. The molecule has 0 fully saturated rings. The largest absolute Gasteiger partial charge is 0.503 e. The first kappa shape index (κ1) is 24.0. The Kier molecular flexibility index (Phi) is 7.48. The second-order valence-electron chi connectivity index (χ2n) is 8.36. The standard InChI is InChI=1S/C28H29N3O4/c1-18-24(8-5-9-25(18)34-3)19(2)26(32)27(33)31-22-12-10-20(11-13-22)17-30-23-7-4-6-21(16-23)28-29-14-15-35-28/h4-8,10-16,25,30,32H,9,17H2,1-3H3,(H,31,33)/b26-19-. The number of ether oxygens (including phenoxy) is 1. The van der Waals surface area contributed by atoms with Crippen LogP contribution in [0.2, 0.25) is 0 Å². The lowest BCUT2D eigenvalue weighted by molar-refractivity contribution is -0.115. The van der Waals surface area contributed by atoms with Gasteiger partial charge in [0, 0.05) is 36.2 Å². The molecular formula is C28H29N3O4. The molecule has 0 aliphatic heterocycles. The van der Waals surface area contributed by atoms with E-state index in [9.17, 15) is 9.90 Å². The number of anilines is 2. The number of nitrogens with zero attached hydrogens (tertiary/aromatic N) is 1. The Bertz CT molecular complexity index is 1270. The predicted molar refractivity (Wildman–Crippen MR) is 137 cm³/mol. The van der Waals surface area contributed by atoms with Crippen molar-refractivity contribution in [1.29, 1.82) is 0 Å². The fourth-order valence-electron chi connectivity index (χ4n) is 4.01. The highest BCUT2D eigenvalue weighted by atomic mass is 16.5. The molecule has 1 atom stereocenters. The number of methoxy groups -OCH3 is 1. The predicted octanol–water partition coefficient (Wildman–Crippen LogP) is 6.02. The van der Waals surface area contributed by atoms with E-state index in [-0.39, 0.29) is 11.9 Å². The zero-order valence-corrected chi connectivity index (χ0v) is 20.0. The quantitative estimate of drug-likeness (QED) is 0.275. The number of aliphatic hydroxyl groups excluding tert-OH is 1. The number of carbonyl (C=O) groups is 1. The van der Waals surface area contributed by atoms with Gasteiger partial charge in [0.05, 0.1) is 12.3 Å². The highest BCUT2D eigenvalue weighted by Crippen LogP contribution is 2.28. The number of hydrogen-bond acceptors (Lipinski definition) is 6. The number of carbonyl (C=O) groups excluding carboxylic acids is 1. The molecule has 3 N–H and O–H groups in total. The van der Waals surface area contributed by atoms with Gasteiger partial charge in [-0.1, -0.05) is 30.4 Å². The van der Waals surface area contributed by atoms with Crippen molar-refractivity contribution in [2.75, 3.05) is 17.7 Å². The number of aliphatic hydroxyl groups is 1. The molecular weight excluding hydrogens is 442 g/mol. The number of aromatic nitrogens is 1. The Balaban J connectivity index is 1.38. The minimum absolute atomic E-state index is 0.0498. The Hall–Kier alpha value is -4.10. The third-order valence-electron chi connectivity index (χ3n) is 6.05. The van der Waals surface area contributed by atoms with Crippen LogP contribution in [-0.4, -0.2) is 29.2 Å². The zero-order valence-electron chi connectivity index (χ0n) is 20.0. The van der Waals surface area contributed by atoms with Crippen molar-refractivity contribution in [2.24, 2.45) is 0 Å². The summed E-state index contributed by atoms with van der Waals surface area (Å²) in [6, 6.07) is 15.3. The number of benzene rings is 2. The molecule has 3 aromatic rings. The number of hydrogen-bond donors (Lipinski definition) is 3. The van der Waals surface area contributed by atoms with Crippen LogP contribution in [0.15, 0.2) is 100 Å². The van der Waals surface area contributed by atoms with Gasteiger partial charge in [-0.3, -0.25) is 4.79 Å². The van der Waals surface area contributed by atoms with E-state index in [4.69, 9.17) is 9.15 Å². The van der Waals surface area contributed by atoms with E-state index in [1.165, 1.54) is 0 Å².